The van der Waals surface area contributed by atoms with Gasteiger partial charge in [-0.15, -0.1) is 0 Å². The molecule has 14 heavy (non-hydrogen) atoms. The molecule has 0 amide bonds. The van der Waals surface area contributed by atoms with Crippen LogP contribution in [0.2, 0.25) is 0 Å². The van der Waals surface area contributed by atoms with Crippen LogP contribution in [0.3, 0.4) is 0 Å². The standard InChI is InChI=1S/C11H21N3/c1-3-5-6-7-14-9-13-8-11(14)10(12)4-2/h8-10H,3-7,12H2,1-2H3/t10-/m1/s1. The lowest BCUT2D eigenvalue weighted by Crippen LogP contribution is -2.14. The van der Waals surface area contributed by atoms with E-state index in [9.17, 15) is 0 Å². The molecule has 0 saturated heterocycles. The summed E-state index contributed by atoms with van der Waals surface area (Å²) in [5, 5.41) is 0. The fourth-order valence-electron chi connectivity index (χ4n) is 1.57. The summed E-state index contributed by atoms with van der Waals surface area (Å²) in [6.45, 7) is 5.37. The third-order valence-corrected chi connectivity index (χ3v) is 2.57. The van der Waals surface area contributed by atoms with Gasteiger partial charge in [0.15, 0.2) is 0 Å². The molecule has 1 rings (SSSR count). The fourth-order valence-corrected chi connectivity index (χ4v) is 1.57. The largest absolute Gasteiger partial charge is 0.333 e. The van der Waals surface area contributed by atoms with Crippen molar-refractivity contribution >= 4 is 0 Å². The summed E-state index contributed by atoms with van der Waals surface area (Å²) in [5.41, 5.74) is 7.15. The van der Waals surface area contributed by atoms with Gasteiger partial charge in [-0.1, -0.05) is 26.7 Å². The Morgan fingerprint density at radius 2 is 2.21 bits per heavy atom. The first-order valence-corrected chi connectivity index (χ1v) is 5.55. The third kappa shape index (κ3) is 2.84. The Kier molecular flexibility index (Phi) is 4.66. The molecule has 0 fully saturated rings. The number of rotatable bonds is 6. The smallest absolute Gasteiger partial charge is 0.0948 e. The van der Waals surface area contributed by atoms with Crippen LogP contribution < -0.4 is 5.73 Å². The Hall–Kier alpha value is -0.830. The molecule has 0 unspecified atom stereocenters. The van der Waals surface area contributed by atoms with Crippen molar-refractivity contribution in [1.82, 2.24) is 9.55 Å². The number of aryl methyl sites for hydroxylation is 1. The lowest BCUT2D eigenvalue weighted by Gasteiger charge is -2.12. The first kappa shape index (κ1) is 11.2. The van der Waals surface area contributed by atoms with Gasteiger partial charge in [0.1, 0.15) is 0 Å². The van der Waals surface area contributed by atoms with E-state index < -0.39 is 0 Å². The van der Waals surface area contributed by atoms with Gasteiger partial charge < -0.3 is 10.3 Å². The highest BCUT2D eigenvalue weighted by molar-refractivity contribution is 5.03. The maximum atomic E-state index is 5.98. The molecule has 2 N–H and O–H groups in total. The van der Waals surface area contributed by atoms with E-state index in [1.165, 1.54) is 25.0 Å². The minimum atomic E-state index is 0.138. The van der Waals surface area contributed by atoms with Crippen LogP contribution in [0.15, 0.2) is 12.5 Å². The minimum Gasteiger partial charge on any atom is -0.333 e. The van der Waals surface area contributed by atoms with E-state index in [4.69, 9.17) is 5.73 Å². The van der Waals surface area contributed by atoms with Crippen molar-refractivity contribution in [2.45, 2.75) is 52.1 Å². The van der Waals surface area contributed by atoms with Gasteiger partial charge in [-0.3, -0.25) is 0 Å². The lowest BCUT2D eigenvalue weighted by atomic mass is 10.2. The maximum absolute atomic E-state index is 5.98. The van der Waals surface area contributed by atoms with E-state index in [1.807, 2.05) is 12.5 Å². The van der Waals surface area contributed by atoms with E-state index in [-0.39, 0.29) is 6.04 Å². The van der Waals surface area contributed by atoms with Gasteiger partial charge in [-0.05, 0) is 12.8 Å². The molecule has 0 radical (unpaired) electrons. The van der Waals surface area contributed by atoms with Gasteiger partial charge in [-0.25, -0.2) is 4.98 Å². The van der Waals surface area contributed by atoms with E-state index in [1.54, 1.807) is 0 Å². The van der Waals surface area contributed by atoms with Crippen molar-refractivity contribution < 1.29 is 0 Å². The highest BCUT2D eigenvalue weighted by atomic mass is 15.1. The van der Waals surface area contributed by atoms with Crippen molar-refractivity contribution in [3.05, 3.63) is 18.2 Å². The average molecular weight is 195 g/mol. The summed E-state index contributed by atoms with van der Waals surface area (Å²) >= 11 is 0. The number of aromatic nitrogens is 2. The Bertz CT molecular complexity index is 255. The minimum absolute atomic E-state index is 0.138. The summed E-state index contributed by atoms with van der Waals surface area (Å²) < 4.78 is 2.18. The first-order chi connectivity index (χ1) is 6.79. The highest BCUT2D eigenvalue weighted by Crippen LogP contribution is 2.13. The van der Waals surface area contributed by atoms with Crippen LogP contribution in [0.25, 0.3) is 0 Å². The summed E-state index contributed by atoms with van der Waals surface area (Å²) in [5.74, 6) is 0. The molecule has 80 valence electrons. The van der Waals surface area contributed by atoms with Crippen molar-refractivity contribution in [2.24, 2.45) is 5.73 Å². The second-order valence-corrected chi connectivity index (χ2v) is 3.73. The molecular formula is C11H21N3. The highest BCUT2D eigenvalue weighted by Gasteiger charge is 2.08. The zero-order valence-corrected chi connectivity index (χ0v) is 9.24. The number of hydrogen-bond donors (Lipinski definition) is 1. The molecule has 0 aliphatic heterocycles. The molecule has 1 heterocycles. The SMILES string of the molecule is CCCCCn1cncc1[C@H](N)CC. The second kappa shape index (κ2) is 5.81. The predicted octanol–water partition coefficient (Wildman–Crippen LogP) is 2.48. The van der Waals surface area contributed by atoms with Crippen molar-refractivity contribution in [1.29, 1.82) is 0 Å². The fraction of sp³-hybridized carbons (Fsp3) is 0.727. The van der Waals surface area contributed by atoms with Crippen LogP contribution in [0, 0.1) is 0 Å². The summed E-state index contributed by atoms with van der Waals surface area (Å²) in [6.07, 6.45) is 8.50. The van der Waals surface area contributed by atoms with Crippen LogP contribution in [-0.4, -0.2) is 9.55 Å². The second-order valence-electron chi connectivity index (χ2n) is 3.73. The van der Waals surface area contributed by atoms with Crippen LogP contribution in [0.4, 0.5) is 0 Å². The van der Waals surface area contributed by atoms with Gasteiger partial charge in [0, 0.05) is 18.8 Å². The number of nitrogens with two attached hydrogens (primary N) is 1. The van der Waals surface area contributed by atoms with Gasteiger partial charge >= 0.3 is 0 Å². The maximum Gasteiger partial charge on any atom is 0.0948 e. The molecule has 0 spiro atoms. The van der Waals surface area contributed by atoms with Crippen molar-refractivity contribution in [2.75, 3.05) is 0 Å². The third-order valence-electron chi connectivity index (χ3n) is 2.57. The van der Waals surface area contributed by atoms with Crippen LogP contribution in [0.1, 0.15) is 51.3 Å². The Balaban J connectivity index is 2.53. The number of hydrogen-bond acceptors (Lipinski definition) is 2. The molecule has 0 saturated carbocycles. The Morgan fingerprint density at radius 3 is 2.86 bits per heavy atom. The molecule has 0 aliphatic rings. The van der Waals surface area contributed by atoms with Gasteiger partial charge in [-0.2, -0.15) is 0 Å². The Labute approximate surface area is 86.3 Å². The van der Waals surface area contributed by atoms with E-state index in [0.29, 0.717) is 0 Å². The van der Waals surface area contributed by atoms with E-state index in [0.717, 1.165) is 13.0 Å². The molecule has 3 nitrogen and oxygen atoms in total. The summed E-state index contributed by atoms with van der Waals surface area (Å²) in [4.78, 5) is 4.15. The van der Waals surface area contributed by atoms with E-state index in [2.05, 4.69) is 23.4 Å². The van der Waals surface area contributed by atoms with Gasteiger partial charge in [0.2, 0.25) is 0 Å². The van der Waals surface area contributed by atoms with Crippen LogP contribution in [-0.2, 0) is 6.54 Å². The molecule has 1 aromatic rings. The summed E-state index contributed by atoms with van der Waals surface area (Å²) in [6, 6.07) is 0.138. The lowest BCUT2D eigenvalue weighted by molar-refractivity contribution is 0.550. The van der Waals surface area contributed by atoms with Gasteiger partial charge in [0.25, 0.3) is 0 Å². The topological polar surface area (TPSA) is 43.8 Å². The van der Waals surface area contributed by atoms with Crippen LogP contribution in [0.5, 0.6) is 0 Å². The number of unbranched alkanes of at least 4 members (excludes halogenated alkanes) is 2. The summed E-state index contributed by atoms with van der Waals surface area (Å²) in [7, 11) is 0. The molecule has 0 aromatic carbocycles. The zero-order chi connectivity index (χ0) is 10.4. The molecule has 0 aliphatic carbocycles. The van der Waals surface area contributed by atoms with Crippen molar-refractivity contribution in [3.8, 4) is 0 Å². The molecule has 0 bridgehead atoms. The molecule has 1 atom stereocenters. The number of imidazole rings is 1. The first-order valence-electron chi connectivity index (χ1n) is 5.55. The average Bonchev–Trinajstić information content (AvgIpc) is 2.65. The predicted molar refractivity (Wildman–Crippen MR) is 59.0 cm³/mol. The molecular weight excluding hydrogens is 174 g/mol. The number of nitrogens with zero attached hydrogens (tertiary/aromatic N) is 2. The van der Waals surface area contributed by atoms with Crippen LogP contribution >= 0.6 is 0 Å². The monoisotopic (exact) mass is 195 g/mol. The molecule has 3 heteroatoms. The quantitative estimate of drug-likeness (QED) is 0.709. The molecule has 1 aromatic heterocycles. The normalized spacial score (nSPS) is 13.1. The van der Waals surface area contributed by atoms with Gasteiger partial charge in [0.05, 0.1) is 12.0 Å². The Morgan fingerprint density at radius 1 is 1.43 bits per heavy atom. The van der Waals surface area contributed by atoms with Crippen molar-refractivity contribution in [3.63, 3.8) is 0 Å². The van der Waals surface area contributed by atoms with E-state index >= 15 is 0 Å². The zero-order valence-electron chi connectivity index (χ0n) is 9.24.